The second-order valence-electron chi connectivity index (χ2n) is 16.2. The van der Waals surface area contributed by atoms with Crippen molar-refractivity contribution < 1.29 is 0 Å². The van der Waals surface area contributed by atoms with Crippen LogP contribution in [0.15, 0.2) is 176 Å². The van der Waals surface area contributed by atoms with Crippen LogP contribution in [0.4, 0.5) is 0 Å². The monoisotopic (exact) mass is 733 g/mol. The molecule has 0 radical (unpaired) electrons. The quantitative estimate of drug-likeness (QED) is 0.165. The first-order valence-electron chi connectivity index (χ1n) is 20.3. The smallest absolute Gasteiger partial charge is 0.0793 e. The van der Waals surface area contributed by atoms with E-state index < -0.39 is 0 Å². The Balaban J connectivity index is 1.16. The summed E-state index contributed by atoms with van der Waals surface area (Å²) in [7, 11) is 0. The van der Waals surface area contributed by atoms with Crippen molar-refractivity contribution in [3.63, 3.8) is 0 Å². The van der Waals surface area contributed by atoms with E-state index in [9.17, 15) is 0 Å². The molecule has 13 rings (SSSR count). The van der Waals surface area contributed by atoms with Crippen molar-refractivity contribution in [1.29, 1.82) is 0 Å². The average Bonchev–Trinajstić information content (AvgIpc) is 3.79. The van der Waals surface area contributed by atoms with Gasteiger partial charge in [-0.1, -0.05) is 157 Å². The Morgan fingerprint density at radius 3 is 1.78 bits per heavy atom. The van der Waals surface area contributed by atoms with E-state index in [4.69, 9.17) is 4.98 Å². The van der Waals surface area contributed by atoms with Crippen molar-refractivity contribution in [2.75, 3.05) is 0 Å². The summed E-state index contributed by atoms with van der Waals surface area (Å²) in [4.78, 5) is 5.14. The highest BCUT2D eigenvalue weighted by atomic mass is 14.7. The van der Waals surface area contributed by atoms with E-state index in [1.54, 1.807) is 0 Å². The number of hydrogen-bond donors (Lipinski definition) is 0. The van der Waals surface area contributed by atoms with E-state index in [-0.39, 0.29) is 0 Å². The van der Waals surface area contributed by atoms with Gasteiger partial charge in [0.25, 0.3) is 0 Å². The minimum Gasteiger partial charge on any atom is -0.256 e. The molecule has 2 aliphatic carbocycles. The third-order valence-corrected chi connectivity index (χ3v) is 13.1. The number of rotatable bonds is 3. The van der Waals surface area contributed by atoms with Gasteiger partial charge in [0.1, 0.15) is 0 Å². The number of hydrogen-bond acceptors (Lipinski definition) is 1. The van der Waals surface area contributed by atoms with Gasteiger partial charge in [-0.3, -0.25) is 4.98 Å². The molecule has 0 spiro atoms. The first-order chi connectivity index (χ1) is 28.6. The molecule has 1 heterocycles. The van der Waals surface area contributed by atoms with Crippen molar-refractivity contribution in [2.24, 2.45) is 0 Å². The van der Waals surface area contributed by atoms with E-state index in [0.29, 0.717) is 0 Å². The van der Waals surface area contributed by atoms with Gasteiger partial charge in [0.05, 0.1) is 5.52 Å². The molecule has 0 bridgehead atoms. The Bertz CT molecular complexity index is 3520. The fourth-order valence-corrected chi connectivity index (χ4v) is 10.8. The van der Waals surface area contributed by atoms with Gasteiger partial charge in [-0.05, 0) is 147 Å². The van der Waals surface area contributed by atoms with Gasteiger partial charge in [-0.15, -0.1) is 0 Å². The van der Waals surface area contributed by atoms with Crippen LogP contribution in [0.2, 0.25) is 0 Å². The van der Waals surface area contributed by atoms with Crippen molar-refractivity contribution in [2.45, 2.75) is 13.8 Å². The molecule has 0 fully saturated rings. The minimum atomic E-state index is 1.03. The van der Waals surface area contributed by atoms with Gasteiger partial charge in [0.2, 0.25) is 0 Å². The molecule has 2 aliphatic rings. The number of nitrogens with zero attached hydrogens (tertiary/aromatic N) is 1. The lowest BCUT2D eigenvalue weighted by atomic mass is 9.84. The van der Waals surface area contributed by atoms with Gasteiger partial charge in [0.15, 0.2) is 0 Å². The number of aromatic nitrogens is 1. The molecule has 10 aromatic carbocycles. The van der Waals surface area contributed by atoms with E-state index in [2.05, 4.69) is 184 Å². The summed E-state index contributed by atoms with van der Waals surface area (Å²) in [6.07, 6.45) is 1.94. The number of fused-ring (bicyclic) bond motifs is 11. The second-order valence-corrected chi connectivity index (χ2v) is 16.2. The molecule has 11 aromatic rings. The Hall–Kier alpha value is -7.35. The normalized spacial score (nSPS) is 12.3. The number of aryl methyl sites for hydroxylation is 2. The molecule has 0 N–H and O–H groups in total. The van der Waals surface area contributed by atoms with Gasteiger partial charge in [-0.25, -0.2) is 0 Å². The van der Waals surface area contributed by atoms with Gasteiger partial charge >= 0.3 is 0 Å². The average molecular weight is 734 g/mol. The zero-order valence-electron chi connectivity index (χ0n) is 32.2. The van der Waals surface area contributed by atoms with Crippen LogP contribution < -0.4 is 0 Å². The molecule has 1 nitrogen and oxygen atoms in total. The highest BCUT2D eigenvalue weighted by molar-refractivity contribution is 6.32. The van der Waals surface area contributed by atoms with Gasteiger partial charge < -0.3 is 0 Å². The van der Waals surface area contributed by atoms with Crippen LogP contribution >= 0.6 is 0 Å². The maximum atomic E-state index is 5.14. The maximum Gasteiger partial charge on any atom is 0.0793 e. The van der Waals surface area contributed by atoms with Crippen molar-refractivity contribution in [3.05, 3.63) is 187 Å². The molecule has 1 aromatic heterocycles. The number of pyridine rings is 1. The Morgan fingerprint density at radius 2 is 0.948 bits per heavy atom. The Morgan fingerprint density at radius 1 is 0.310 bits per heavy atom. The van der Waals surface area contributed by atoms with Crippen LogP contribution in [0, 0.1) is 13.8 Å². The molecule has 0 aliphatic heterocycles. The maximum absolute atomic E-state index is 5.14. The van der Waals surface area contributed by atoms with Crippen LogP contribution in [0.1, 0.15) is 11.1 Å². The highest BCUT2D eigenvalue weighted by Crippen LogP contribution is 2.59. The van der Waals surface area contributed by atoms with Crippen LogP contribution in [0.5, 0.6) is 0 Å². The van der Waals surface area contributed by atoms with Crippen LogP contribution in [-0.2, 0) is 0 Å². The summed E-state index contributed by atoms with van der Waals surface area (Å²) in [5.74, 6) is 0. The molecule has 0 saturated heterocycles. The molecule has 0 amide bonds. The van der Waals surface area contributed by atoms with Gasteiger partial charge in [0, 0.05) is 22.7 Å². The molecule has 0 atom stereocenters. The van der Waals surface area contributed by atoms with Crippen LogP contribution in [-0.4, -0.2) is 4.98 Å². The summed E-state index contributed by atoms with van der Waals surface area (Å²) in [6.45, 7) is 4.48. The Labute approximate surface area is 336 Å². The van der Waals surface area contributed by atoms with E-state index in [0.717, 1.165) is 5.52 Å². The third kappa shape index (κ3) is 4.12. The fourth-order valence-electron chi connectivity index (χ4n) is 10.8. The summed E-state index contributed by atoms with van der Waals surface area (Å²) in [6, 6.07) is 63.6. The van der Waals surface area contributed by atoms with Gasteiger partial charge in [-0.2, -0.15) is 0 Å². The number of benzene rings is 10. The molecule has 58 heavy (non-hydrogen) atoms. The molecular weight excluding hydrogens is 699 g/mol. The summed E-state index contributed by atoms with van der Waals surface area (Å²) >= 11 is 0. The van der Waals surface area contributed by atoms with Crippen molar-refractivity contribution in [1.82, 2.24) is 4.98 Å². The van der Waals surface area contributed by atoms with Crippen LogP contribution in [0.3, 0.4) is 0 Å². The first kappa shape index (κ1) is 31.8. The minimum absolute atomic E-state index is 1.03. The fraction of sp³-hybridized carbons (Fsp3) is 0.0351. The van der Waals surface area contributed by atoms with Crippen molar-refractivity contribution >= 4 is 54.0 Å². The molecular formula is C57H35N. The predicted octanol–water partition coefficient (Wildman–Crippen LogP) is 15.8. The molecule has 268 valence electrons. The molecule has 1 heteroatoms. The summed E-state index contributed by atoms with van der Waals surface area (Å²) < 4.78 is 0. The van der Waals surface area contributed by atoms with E-state index >= 15 is 0 Å². The zero-order chi connectivity index (χ0) is 38.2. The molecule has 0 unspecified atom stereocenters. The predicted molar refractivity (Wildman–Crippen MR) is 246 cm³/mol. The topological polar surface area (TPSA) is 12.9 Å². The first-order valence-corrected chi connectivity index (χ1v) is 20.3. The molecule has 0 saturated carbocycles. The standard InChI is InChI=1S/C57H35N/c1-32-22-24-38-45(29-32)46(30-48-41-25-23-33(2)50-39-18-10-9-17-36(39)49(54(41)50)31-47(38)48)37-26-27-43-53-40(37)19-11-20-42(53)56-52(35-15-7-4-8-16-35)57-44(21-12-28-58-57)51(55(43)56)34-13-5-3-6-14-34/h3-31H,1-2H3. The Kier molecular flexibility index (Phi) is 6.36. The summed E-state index contributed by atoms with van der Waals surface area (Å²) in [5, 5.41) is 11.7. The van der Waals surface area contributed by atoms with E-state index in [1.807, 2.05) is 6.20 Å². The lowest BCUT2D eigenvalue weighted by molar-refractivity contribution is 1.41. The van der Waals surface area contributed by atoms with Crippen molar-refractivity contribution in [3.8, 4) is 77.9 Å². The largest absolute Gasteiger partial charge is 0.256 e. The third-order valence-electron chi connectivity index (χ3n) is 13.1. The van der Waals surface area contributed by atoms with Crippen LogP contribution in [0.25, 0.3) is 132 Å². The lowest BCUT2D eigenvalue weighted by Gasteiger charge is -2.19. The second kappa shape index (κ2) is 11.6. The van der Waals surface area contributed by atoms with E-state index in [1.165, 1.54) is 137 Å². The SMILES string of the molecule is Cc1ccc2c(c1)c(-c1ccc3c4c(cccc14)-c1c-3c(-c3ccccc3)c3cccnc3c1-c1ccccc1)cc1c3ccc(C)c4c3c(cc21)-c1ccccc1-4. The summed E-state index contributed by atoms with van der Waals surface area (Å²) in [5.41, 5.74) is 21.5. The zero-order valence-corrected chi connectivity index (χ0v) is 32.2. The lowest BCUT2D eigenvalue weighted by Crippen LogP contribution is -1.95. The highest BCUT2D eigenvalue weighted by Gasteiger charge is 2.32.